The van der Waals surface area contributed by atoms with Crippen molar-refractivity contribution in [3.05, 3.63) is 35.9 Å². The van der Waals surface area contributed by atoms with Gasteiger partial charge < -0.3 is 9.47 Å². The molecule has 0 spiro atoms. The highest BCUT2D eigenvalue weighted by atomic mass is 16.5. The van der Waals surface area contributed by atoms with Crippen LogP contribution < -0.4 is 0 Å². The highest BCUT2D eigenvalue weighted by molar-refractivity contribution is 5.74. The van der Waals surface area contributed by atoms with Crippen LogP contribution in [0.15, 0.2) is 30.3 Å². The maximum absolute atomic E-state index is 11.3. The lowest BCUT2D eigenvalue weighted by atomic mass is 10.1. The fourth-order valence-corrected chi connectivity index (χ4v) is 1.64. The minimum absolute atomic E-state index is 0.0818. The molecule has 1 aromatic rings. The molecule has 0 aromatic heterocycles. The fourth-order valence-electron chi connectivity index (χ4n) is 1.64. The third-order valence-electron chi connectivity index (χ3n) is 2.72. The van der Waals surface area contributed by atoms with Gasteiger partial charge in [0.1, 0.15) is 0 Å². The summed E-state index contributed by atoms with van der Waals surface area (Å²) < 4.78 is 9.23. The summed E-state index contributed by atoms with van der Waals surface area (Å²) in [7, 11) is 2.66. The van der Waals surface area contributed by atoms with Gasteiger partial charge in [-0.25, -0.2) is 0 Å². The second-order valence-electron chi connectivity index (χ2n) is 4.10. The van der Waals surface area contributed by atoms with Crippen LogP contribution in [0.4, 0.5) is 0 Å². The van der Waals surface area contributed by atoms with Gasteiger partial charge in [-0.3, -0.25) is 14.5 Å². The molecular weight excluding hydrogens is 246 g/mol. The van der Waals surface area contributed by atoms with Crippen molar-refractivity contribution < 1.29 is 19.1 Å². The first-order chi connectivity index (χ1) is 9.15. The Morgan fingerprint density at radius 3 is 2.00 bits per heavy atom. The zero-order chi connectivity index (χ0) is 14.1. The molecule has 0 fully saturated rings. The monoisotopic (exact) mass is 265 g/mol. The lowest BCUT2D eigenvalue weighted by Crippen LogP contribution is -2.37. The topological polar surface area (TPSA) is 55.8 Å². The van der Waals surface area contributed by atoms with E-state index in [1.165, 1.54) is 14.2 Å². The minimum Gasteiger partial charge on any atom is -0.468 e. The smallest absolute Gasteiger partial charge is 0.319 e. The summed E-state index contributed by atoms with van der Waals surface area (Å²) in [6, 6.07) is 9.88. The van der Waals surface area contributed by atoms with Crippen LogP contribution in [0.25, 0.3) is 0 Å². The average Bonchev–Trinajstić information content (AvgIpc) is 2.45. The molecule has 0 aliphatic carbocycles. The maximum Gasteiger partial charge on any atom is 0.319 e. The average molecular weight is 265 g/mol. The van der Waals surface area contributed by atoms with E-state index >= 15 is 0 Å². The Morgan fingerprint density at radius 2 is 1.53 bits per heavy atom. The molecule has 0 aliphatic heterocycles. The Balaban J connectivity index is 2.53. The molecule has 0 aliphatic rings. The molecule has 5 nitrogen and oxygen atoms in total. The molecule has 0 amide bonds. The molecular formula is C14H19NO4. The summed E-state index contributed by atoms with van der Waals surface area (Å²) in [5, 5.41) is 0. The van der Waals surface area contributed by atoms with Gasteiger partial charge in [0.25, 0.3) is 0 Å². The number of hydrogen-bond donors (Lipinski definition) is 0. The molecule has 5 heteroatoms. The van der Waals surface area contributed by atoms with Crippen molar-refractivity contribution in [2.75, 3.05) is 33.9 Å². The molecule has 0 heterocycles. The Hall–Kier alpha value is -1.88. The molecule has 19 heavy (non-hydrogen) atoms. The van der Waals surface area contributed by atoms with E-state index in [1.54, 1.807) is 4.90 Å². The second kappa shape index (κ2) is 8.26. The molecule has 1 rings (SSSR count). The Bertz CT molecular complexity index is 387. The molecule has 104 valence electrons. The first kappa shape index (κ1) is 15.2. The maximum atomic E-state index is 11.3. The first-order valence-corrected chi connectivity index (χ1v) is 6.05. The summed E-state index contributed by atoms with van der Waals surface area (Å²) >= 11 is 0. The zero-order valence-corrected chi connectivity index (χ0v) is 11.3. The molecule has 0 saturated carbocycles. The zero-order valence-electron chi connectivity index (χ0n) is 11.3. The van der Waals surface area contributed by atoms with Crippen molar-refractivity contribution in [2.45, 2.75) is 6.42 Å². The summed E-state index contributed by atoms with van der Waals surface area (Å²) in [6.07, 6.45) is 0.759. The quantitative estimate of drug-likeness (QED) is 0.685. The van der Waals surface area contributed by atoms with Gasteiger partial charge in [-0.05, 0) is 12.0 Å². The molecule has 0 N–H and O–H groups in total. The minimum atomic E-state index is -0.364. The fraction of sp³-hybridized carbons (Fsp3) is 0.429. The second-order valence-corrected chi connectivity index (χ2v) is 4.10. The van der Waals surface area contributed by atoms with E-state index in [0.717, 1.165) is 12.0 Å². The lowest BCUT2D eigenvalue weighted by molar-refractivity contribution is -0.145. The van der Waals surface area contributed by atoms with E-state index in [-0.39, 0.29) is 25.0 Å². The van der Waals surface area contributed by atoms with E-state index in [0.29, 0.717) is 6.54 Å². The van der Waals surface area contributed by atoms with Gasteiger partial charge in [-0.2, -0.15) is 0 Å². The number of hydrogen-bond acceptors (Lipinski definition) is 5. The molecule has 0 atom stereocenters. The van der Waals surface area contributed by atoms with Crippen molar-refractivity contribution in [3.8, 4) is 0 Å². The number of carbonyl (C=O) groups is 2. The molecule has 0 bridgehead atoms. The van der Waals surface area contributed by atoms with Gasteiger partial charge in [0.15, 0.2) is 0 Å². The predicted octanol–water partition coefficient (Wildman–Crippen LogP) is 0.877. The van der Waals surface area contributed by atoms with Crippen LogP contribution in [0.2, 0.25) is 0 Å². The van der Waals surface area contributed by atoms with Crippen molar-refractivity contribution in [1.29, 1.82) is 0 Å². The van der Waals surface area contributed by atoms with Crippen LogP contribution in [0.1, 0.15) is 5.56 Å². The summed E-state index contributed by atoms with van der Waals surface area (Å²) in [5.74, 6) is -0.728. The van der Waals surface area contributed by atoms with Crippen LogP contribution in [0, 0.1) is 0 Å². The normalized spacial score (nSPS) is 10.3. The van der Waals surface area contributed by atoms with E-state index in [1.807, 2.05) is 30.3 Å². The van der Waals surface area contributed by atoms with Crippen LogP contribution >= 0.6 is 0 Å². The van der Waals surface area contributed by atoms with Gasteiger partial charge in [0.05, 0.1) is 27.3 Å². The van der Waals surface area contributed by atoms with E-state index in [9.17, 15) is 9.59 Å². The standard InChI is InChI=1S/C14H19NO4/c1-18-13(16)10-15(11-14(17)19-2)9-8-12-6-4-3-5-7-12/h3-7H,8-11H2,1-2H3. The Kier molecular flexibility index (Phi) is 6.60. The van der Waals surface area contributed by atoms with Crippen molar-refractivity contribution in [2.24, 2.45) is 0 Å². The molecule has 0 saturated heterocycles. The summed E-state index contributed by atoms with van der Waals surface area (Å²) in [4.78, 5) is 24.3. The Labute approximate surface area is 113 Å². The van der Waals surface area contributed by atoms with Crippen LogP contribution in [-0.2, 0) is 25.5 Å². The van der Waals surface area contributed by atoms with Crippen LogP contribution in [-0.4, -0.2) is 50.7 Å². The number of benzene rings is 1. The number of ether oxygens (including phenoxy) is 2. The largest absolute Gasteiger partial charge is 0.468 e. The Morgan fingerprint density at radius 1 is 1.00 bits per heavy atom. The van der Waals surface area contributed by atoms with Gasteiger partial charge in [0.2, 0.25) is 0 Å². The third-order valence-corrected chi connectivity index (χ3v) is 2.72. The molecule has 1 aromatic carbocycles. The van der Waals surface area contributed by atoms with Gasteiger partial charge >= 0.3 is 11.9 Å². The van der Waals surface area contributed by atoms with Crippen molar-refractivity contribution in [1.82, 2.24) is 4.90 Å². The predicted molar refractivity (Wildman–Crippen MR) is 70.6 cm³/mol. The summed E-state index contributed by atoms with van der Waals surface area (Å²) in [5.41, 5.74) is 1.15. The van der Waals surface area contributed by atoms with Crippen molar-refractivity contribution >= 4 is 11.9 Å². The number of esters is 2. The van der Waals surface area contributed by atoms with Gasteiger partial charge in [0, 0.05) is 6.54 Å². The highest BCUT2D eigenvalue weighted by Gasteiger charge is 2.15. The molecule has 0 unspecified atom stereocenters. The van der Waals surface area contributed by atoms with Crippen LogP contribution in [0.3, 0.4) is 0 Å². The van der Waals surface area contributed by atoms with E-state index in [4.69, 9.17) is 0 Å². The summed E-state index contributed by atoms with van der Waals surface area (Å²) in [6.45, 7) is 0.755. The number of carbonyl (C=O) groups excluding carboxylic acids is 2. The van der Waals surface area contributed by atoms with Crippen LogP contribution in [0.5, 0.6) is 0 Å². The van der Waals surface area contributed by atoms with Gasteiger partial charge in [-0.15, -0.1) is 0 Å². The number of rotatable bonds is 7. The lowest BCUT2D eigenvalue weighted by Gasteiger charge is -2.19. The highest BCUT2D eigenvalue weighted by Crippen LogP contribution is 2.02. The third kappa shape index (κ3) is 6.01. The van der Waals surface area contributed by atoms with E-state index in [2.05, 4.69) is 9.47 Å². The molecule has 0 radical (unpaired) electrons. The van der Waals surface area contributed by atoms with Gasteiger partial charge in [-0.1, -0.05) is 30.3 Å². The number of nitrogens with zero attached hydrogens (tertiary/aromatic N) is 1. The SMILES string of the molecule is COC(=O)CN(CCc1ccccc1)CC(=O)OC. The van der Waals surface area contributed by atoms with Crippen molar-refractivity contribution in [3.63, 3.8) is 0 Å². The number of methoxy groups -OCH3 is 2. The van der Waals surface area contributed by atoms with E-state index < -0.39 is 0 Å². The first-order valence-electron chi connectivity index (χ1n) is 6.05.